The number of nitrogens with zero attached hydrogens (tertiary/aromatic N) is 2. The summed E-state index contributed by atoms with van der Waals surface area (Å²) in [6, 6.07) is 14.5. The second-order valence-electron chi connectivity index (χ2n) is 6.51. The third-order valence-corrected chi connectivity index (χ3v) is 5.06. The predicted octanol–water partition coefficient (Wildman–Crippen LogP) is 2.07. The van der Waals surface area contributed by atoms with Crippen LogP contribution < -0.4 is 19.3 Å². The van der Waals surface area contributed by atoms with Crippen molar-refractivity contribution in [2.45, 2.75) is 5.54 Å². The van der Waals surface area contributed by atoms with E-state index in [9.17, 15) is 9.59 Å². The number of esters is 2. The number of rotatable bonds is 6. The molecule has 8 nitrogen and oxygen atoms in total. The number of ether oxygens (including phenoxy) is 4. The van der Waals surface area contributed by atoms with Crippen LogP contribution in [0.3, 0.4) is 0 Å². The third kappa shape index (κ3) is 3.53. The zero-order valence-corrected chi connectivity index (χ0v) is 16.9. The Morgan fingerprint density at radius 1 is 0.759 bits per heavy atom. The van der Waals surface area contributed by atoms with E-state index < -0.39 is 17.5 Å². The second-order valence-corrected chi connectivity index (χ2v) is 6.51. The Morgan fingerprint density at radius 2 is 1.21 bits per heavy atom. The van der Waals surface area contributed by atoms with E-state index in [1.807, 2.05) is 29.2 Å². The maximum Gasteiger partial charge on any atom is 0.345 e. The van der Waals surface area contributed by atoms with E-state index in [0.29, 0.717) is 17.2 Å². The van der Waals surface area contributed by atoms with Crippen LogP contribution in [0.15, 0.2) is 48.5 Å². The smallest absolute Gasteiger partial charge is 0.345 e. The van der Waals surface area contributed by atoms with Gasteiger partial charge in [0.25, 0.3) is 5.54 Å². The molecule has 0 saturated carbocycles. The molecule has 0 unspecified atom stereocenters. The first-order chi connectivity index (χ1) is 14.0. The summed E-state index contributed by atoms with van der Waals surface area (Å²) in [6.07, 6.45) is 0. The Bertz CT molecular complexity index is 850. The molecule has 2 aromatic carbocycles. The molecule has 0 radical (unpaired) electrons. The average molecular weight is 400 g/mol. The molecule has 154 valence electrons. The Hall–Kier alpha value is -3.42. The lowest BCUT2D eigenvalue weighted by atomic mass is 9.98. The summed E-state index contributed by atoms with van der Waals surface area (Å²) in [7, 11) is 5.68. The van der Waals surface area contributed by atoms with Crippen LogP contribution in [-0.4, -0.2) is 59.1 Å². The highest BCUT2D eigenvalue weighted by atomic mass is 16.5. The van der Waals surface area contributed by atoms with Crippen LogP contribution in [0.5, 0.6) is 11.5 Å². The van der Waals surface area contributed by atoms with Gasteiger partial charge < -0.3 is 28.7 Å². The van der Waals surface area contributed by atoms with Crippen molar-refractivity contribution in [3.05, 3.63) is 48.5 Å². The molecule has 0 N–H and O–H groups in total. The molecule has 1 heterocycles. The fraction of sp³-hybridized carbons (Fsp3) is 0.333. The van der Waals surface area contributed by atoms with Crippen molar-refractivity contribution >= 4 is 23.3 Å². The lowest BCUT2D eigenvalue weighted by Gasteiger charge is -2.33. The van der Waals surface area contributed by atoms with Crippen LogP contribution >= 0.6 is 0 Å². The van der Waals surface area contributed by atoms with Gasteiger partial charge >= 0.3 is 11.9 Å². The van der Waals surface area contributed by atoms with Crippen molar-refractivity contribution in [3.8, 4) is 11.5 Å². The summed E-state index contributed by atoms with van der Waals surface area (Å²) in [5.41, 5.74) is -0.144. The number of carbonyl (C=O) groups excluding carboxylic acids is 2. The van der Waals surface area contributed by atoms with Gasteiger partial charge in [-0.3, -0.25) is 0 Å². The summed E-state index contributed by atoms with van der Waals surface area (Å²) in [5, 5.41) is 0. The van der Waals surface area contributed by atoms with Crippen LogP contribution in [0.2, 0.25) is 0 Å². The topological polar surface area (TPSA) is 77.5 Å². The molecule has 8 heteroatoms. The highest BCUT2D eigenvalue weighted by Gasteiger charge is 2.59. The quantitative estimate of drug-likeness (QED) is 0.539. The van der Waals surface area contributed by atoms with Gasteiger partial charge in [-0.25, -0.2) is 9.59 Å². The lowest BCUT2D eigenvalue weighted by molar-refractivity contribution is -0.159. The van der Waals surface area contributed by atoms with E-state index in [4.69, 9.17) is 18.9 Å². The number of anilines is 2. The summed E-state index contributed by atoms with van der Waals surface area (Å²) in [5.74, 6) is 0.0150. The molecule has 3 rings (SSSR count). The lowest BCUT2D eigenvalue weighted by Crippen LogP contribution is -2.60. The van der Waals surface area contributed by atoms with Crippen molar-refractivity contribution in [3.63, 3.8) is 0 Å². The molecular formula is C21H24N2O6. The Kier molecular flexibility index (Phi) is 5.81. The molecule has 1 saturated heterocycles. The number of hydrogen-bond acceptors (Lipinski definition) is 8. The first-order valence-electron chi connectivity index (χ1n) is 8.97. The molecule has 0 amide bonds. The first-order valence-corrected chi connectivity index (χ1v) is 8.97. The summed E-state index contributed by atoms with van der Waals surface area (Å²) < 4.78 is 20.5. The summed E-state index contributed by atoms with van der Waals surface area (Å²) in [4.78, 5) is 29.4. The normalized spacial score (nSPS) is 15.0. The molecule has 0 atom stereocenters. The molecule has 1 fully saturated rings. The highest BCUT2D eigenvalue weighted by Crippen LogP contribution is 2.36. The molecule has 1 aliphatic heterocycles. The minimum atomic E-state index is -1.64. The van der Waals surface area contributed by atoms with Gasteiger partial charge in [-0.05, 0) is 48.5 Å². The molecule has 1 aliphatic rings. The maximum absolute atomic E-state index is 12.9. The van der Waals surface area contributed by atoms with Gasteiger partial charge in [-0.15, -0.1) is 0 Å². The summed E-state index contributed by atoms with van der Waals surface area (Å²) >= 11 is 0. The van der Waals surface area contributed by atoms with E-state index in [-0.39, 0.29) is 13.2 Å². The molecule has 0 bridgehead atoms. The van der Waals surface area contributed by atoms with Gasteiger partial charge in [0.1, 0.15) is 11.5 Å². The van der Waals surface area contributed by atoms with E-state index in [2.05, 4.69) is 0 Å². The standard InChI is InChI=1S/C21H24N2O6/c1-26-17-9-5-15(6-10-17)22-13-21(19(24)28-3,20(25)29-4)23(14-22)16-7-11-18(27-2)12-8-16/h5-12H,13-14H2,1-4H3. The number of hydrogen-bond donors (Lipinski definition) is 0. The fourth-order valence-electron chi connectivity index (χ4n) is 3.50. The number of carbonyl (C=O) groups is 2. The second kappa shape index (κ2) is 8.30. The van der Waals surface area contributed by atoms with Gasteiger partial charge in [0.05, 0.1) is 41.7 Å². The van der Waals surface area contributed by atoms with E-state index >= 15 is 0 Å². The molecule has 0 aromatic heterocycles. The van der Waals surface area contributed by atoms with Gasteiger partial charge in [0, 0.05) is 11.4 Å². The highest BCUT2D eigenvalue weighted by molar-refractivity contribution is 6.10. The van der Waals surface area contributed by atoms with Gasteiger partial charge in [0.15, 0.2) is 0 Å². The molecule has 0 aliphatic carbocycles. The zero-order chi connectivity index (χ0) is 21.0. The molecule has 0 spiro atoms. The van der Waals surface area contributed by atoms with Crippen molar-refractivity contribution in [2.75, 3.05) is 51.5 Å². The monoisotopic (exact) mass is 400 g/mol. The van der Waals surface area contributed by atoms with Crippen molar-refractivity contribution < 1.29 is 28.5 Å². The Morgan fingerprint density at radius 3 is 1.62 bits per heavy atom. The number of methoxy groups -OCH3 is 4. The maximum atomic E-state index is 12.9. The van der Waals surface area contributed by atoms with Crippen molar-refractivity contribution in [2.24, 2.45) is 0 Å². The molecular weight excluding hydrogens is 376 g/mol. The largest absolute Gasteiger partial charge is 0.497 e. The summed E-state index contributed by atoms with van der Waals surface area (Å²) in [6.45, 7) is 0.355. The Balaban J connectivity index is 2.06. The fourth-order valence-corrected chi connectivity index (χ4v) is 3.50. The van der Waals surface area contributed by atoms with Crippen molar-refractivity contribution in [1.82, 2.24) is 0 Å². The Labute approximate surface area is 169 Å². The van der Waals surface area contributed by atoms with Crippen LogP contribution in [0, 0.1) is 0 Å². The van der Waals surface area contributed by atoms with Crippen LogP contribution in [0.1, 0.15) is 0 Å². The molecule has 29 heavy (non-hydrogen) atoms. The third-order valence-electron chi connectivity index (χ3n) is 5.06. The van der Waals surface area contributed by atoms with E-state index in [1.165, 1.54) is 14.2 Å². The van der Waals surface area contributed by atoms with Gasteiger partial charge in [-0.2, -0.15) is 0 Å². The minimum absolute atomic E-state index is 0.0741. The SMILES string of the molecule is COC(=O)C1(C(=O)OC)CN(c2ccc(OC)cc2)CN1c1ccc(OC)cc1. The van der Waals surface area contributed by atoms with Crippen LogP contribution in [-0.2, 0) is 19.1 Å². The predicted molar refractivity (Wildman–Crippen MR) is 107 cm³/mol. The average Bonchev–Trinajstić information content (AvgIpc) is 3.19. The van der Waals surface area contributed by atoms with Gasteiger partial charge in [-0.1, -0.05) is 0 Å². The van der Waals surface area contributed by atoms with Crippen LogP contribution in [0.4, 0.5) is 11.4 Å². The van der Waals surface area contributed by atoms with Crippen LogP contribution in [0.25, 0.3) is 0 Å². The first kappa shape index (κ1) is 20.3. The minimum Gasteiger partial charge on any atom is -0.497 e. The van der Waals surface area contributed by atoms with Crippen molar-refractivity contribution in [1.29, 1.82) is 0 Å². The van der Waals surface area contributed by atoms with E-state index in [0.717, 1.165) is 5.69 Å². The van der Waals surface area contributed by atoms with Gasteiger partial charge in [0.2, 0.25) is 0 Å². The number of benzene rings is 2. The molecule has 2 aromatic rings. The zero-order valence-electron chi connectivity index (χ0n) is 16.9. The van der Waals surface area contributed by atoms with E-state index in [1.54, 1.807) is 43.4 Å².